The van der Waals surface area contributed by atoms with Crippen molar-refractivity contribution in [1.29, 1.82) is 0 Å². The molecule has 0 aromatic heterocycles. The number of nitrogens with zero attached hydrogens (tertiary/aromatic N) is 1. The Kier molecular flexibility index (Phi) is 5.55. The lowest BCUT2D eigenvalue weighted by Gasteiger charge is -2.57. The van der Waals surface area contributed by atoms with Gasteiger partial charge in [-0.2, -0.15) is 0 Å². The van der Waals surface area contributed by atoms with E-state index in [-0.39, 0.29) is 0 Å². The Bertz CT molecular complexity index is 580. The first-order chi connectivity index (χ1) is 12.8. The highest BCUT2D eigenvalue weighted by molar-refractivity contribution is 5.72. The van der Waals surface area contributed by atoms with E-state index in [0.29, 0.717) is 13.2 Å². The summed E-state index contributed by atoms with van der Waals surface area (Å²) in [6, 6.07) is 0. The minimum atomic E-state index is -1.18. The molecule has 1 saturated carbocycles. The second-order valence-electron chi connectivity index (χ2n) is 7.88. The summed E-state index contributed by atoms with van der Waals surface area (Å²) < 4.78 is 29.0. The first-order valence-electron chi connectivity index (χ1n) is 9.66. The van der Waals surface area contributed by atoms with E-state index in [1.165, 1.54) is 14.2 Å². The summed E-state index contributed by atoms with van der Waals surface area (Å²) >= 11 is 0. The van der Waals surface area contributed by atoms with Gasteiger partial charge in [-0.1, -0.05) is 13.3 Å². The molecule has 1 aliphatic carbocycles. The monoisotopic (exact) mass is 385 g/mol. The van der Waals surface area contributed by atoms with E-state index < -0.39 is 41.3 Å². The summed E-state index contributed by atoms with van der Waals surface area (Å²) in [6.07, 6.45) is 2.70. The lowest BCUT2D eigenvalue weighted by molar-refractivity contribution is -0.456. The molecule has 1 amide bonds. The van der Waals surface area contributed by atoms with Gasteiger partial charge in [0.25, 0.3) is 0 Å². The molecular weight excluding hydrogens is 354 g/mol. The number of rotatable bonds is 6. The molecule has 5 unspecified atom stereocenters. The summed E-state index contributed by atoms with van der Waals surface area (Å²) in [6.45, 7) is 6.17. The molecule has 8 nitrogen and oxygen atoms in total. The topological polar surface area (TPSA) is 83.5 Å². The van der Waals surface area contributed by atoms with E-state index in [1.807, 2.05) is 6.92 Å². The van der Waals surface area contributed by atoms with Crippen molar-refractivity contribution in [1.82, 2.24) is 4.90 Å². The number of ether oxygens (including phenoxy) is 5. The van der Waals surface area contributed by atoms with Crippen molar-refractivity contribution < 1.29 is 33.3 Å². The van der Waals surface area contributed by atoms with Crippen molar-refractivity contribution in [3.63, 3.8) is 0 Å². The summed E-state index contributed by atoms with van der Waals surface area (Å²) in [5.41, 5.74) is -0.551. The largest absolute Gasteiger partial charge is 0.449 e. The Hall–Kier alpha value is -1.22. The highest BCUT2D eigenvalue weighted by Gasteiger charge is 2.68. The first kappa shape index (κ1) is 20.5. The average Bonchev–Trinajstić information content (AvgIpc) is 3.44. The van der Waals surface area contributed by atoms with E-state index in [1.54, 1.807) is 18.7 Å². The predicted molar refractivity (Wildman–Crippen MR) is 95.1 cm³/mol. The van der Waals surface area contributed by atoms with Gasteiger partial charge in [0.15, 0.2) is 0 Å². The molecule has 3 rings (SSSR count). The van der Waals surface area contributed by atoms with Gasteiger partial charge in [-0.25, -0.2) is 4.79 Å². The van der Waals surface area contributed by atoms with Gasteiger partial charge in [0.2, 0.25) is 11.6 Å². The van der Waals surface area contributed by atoms with Gasteiger partial charge in [0, 0.05) is 14.2 Å². The fourth-order valence-electron chi connectivity index (χ4n) is 4.24. The van der Waals surface area contributed by atoms with Crippen LogP contribution >= 0.6 is 0 Å². The fourth-order valence-corrected chi connectivity index (χ4v) is 4.24. The third-order valence-corrected chi connectivity index (χ3v) is 6.43. The highest BCUT2D eigenvalue weighted by Crippen LogP contribution is 2.55. The molecule has 27 heavy (non-hydrogen) atoms. The summed E-state index contributed by atoms with van der Waals surface area (Å²) in [7, 11) is 3.03. The third kappa shape index (κ3) is 3.16. The van der Waals surface area contributed by atoms with Crippen LogP contribution in [0.25, 0.3) is 0 Å². The molecule has 2 saturated heterocycles. The summed E-state index contributed by atoms with van der Waals surface area (Å²) in [4.78, 5) is 26.4. The zero-order valence-corrected chi connectivity index (χ0v) is 16.9. The third-order valence-electron chi connectivity index (χ3n) is 6.43. The van der Waals surface area contributed by atoms with Gasteiger partial charge in [0.1, 0.15) is 18.5 Å². The van der Waals surface area contributed by atoms with E-state index in [4.69, 9.17) is 23.7 Å². The number of piperidine rings is 1. The molecule has 0 N–H and O–H groups in total. The van der Waals surface area contributed by atoms with E-state index in [9.17, 15) is 9.59 Å². The number of methoxy groups -OCH3 is 2. The number of likely N-dealkylation sites (tertiary alicyclic amines) is 1. The SMILES string of the molecule is CCCCOC(=O)N1CC2OC(C)(OC)C(C)(OC)OC2C(C=O)C12CC2. The molecule has 0 aromatic carbocycles. The lowest BCUT2D eigenvalue weighted by Crippen LogP contribution is -2.73. The molecular formula is C19H31NO7. The maximum absolute atomic E-state index is 12.7. The number of carbonyl (C=O) groups excluding carboxylic acids is 2. The van der Waals surface area contributed by atoms with Crippen LogP contribution in [0.15, 0.2) is 0 Å². The summed E-state index contributed by atoms with van der Waals surface area (Å²) in [5, 5.41) is 0. The zero-order valence-electron chi connectivity index (χ0n) is 16.9. The van der Waals surface area contributed by atoms with Gasteiger partial charge in [-0.3, -0.25) is 4.90 Å². The van der Waals surface area contributed by atoms with Crippen molar-refractivity contribution in [2.45, 2.75) is 75.8 Å². The zero-order chi connectivity index (χ0) is 19.9. The van der Waals surface area contributed by atoms with Crippen LogP contribution in [0.2, 0.25) is 0 Å². The maximum Gasteiger partial charge on any atom is 0.410 e. The Morgan fingerprint density at radius 2 is 1.81 bits per heavy atom. The number of carbonyl (C=O) groups is 2. The number of aldehydes is 1. The van der Waals surface area contributed by atoms with Crippen molar-refractivity contribution in [3.8, 4) is 0 Å². The first-order valence-corrected chi connectivity index (χ1v) is 9.66. The molecule has 3 aliphatic rings. The Morgan fingerprint density at radius 3 is 2.33 bits per heavy atom. The van der Waals surface area contributed by atoms with Crippen LogP contribution in [-0.4, -0.2) is 74.0 Å². The standard InChI is InChI=1S/C19H31NO7/c1-6-7-10-25-16(22)20-11-14-15(13(12-21)19(20)8-9-19)27-18(3,24-5)17(2,23-4)26-14/h12-15H,6-11H2,1-5H3. The molecule has 1 spiro atoms. The predicted octanol–water partition coefficient (Wildman–Crippen LogP) is 2.10. The van der Waals surface area contributed by atoms with Crippen LogP contribution in [-0.2, 0) is 28.5 Å². The quantitative estimate of drug-likeness (QED) is 0.511. The summed E-state index contributed by atoms with van der Waals surface area (Å²) in [5.74, 6) is -2.86. The second-order valence-corrected chi connectivity index (χ2v) is 7.88. The van der Waals surface area contributed by atoms with Crippen LogP contribution in [0.3, 0.4) is 0 Å². The molecule has 154 valence electrons. The molecule has 0 aromatic rings. The second kappa shape index (κ2) is 7.31. The van der Waals surface area contributed by atoms with E-state index in [2.05, 4.69) is 0 Å². The van der Waals surface area contributed by atoms with Gasteiger partial charge in [-0.05, 0) is 33.1 Å². The number of fused-ring (bicyclic) bond motifs is 1. The molecule has 0 radical (unpaired) electrons. The number of hydrogen-bond donors (Lipinski definition) is 0. The molecule has 8 heteroatoms. The van der Waals surface area contributed by atoms with Crippen LogP contribution < -0.4 is 0 Å². The van der Waals surface area contributed by atoms with Crippen molar-refractivity contribution in [2.75, 3.05) is 27.4 Å². The van der Waals surface area contributed by atoms with Crippen molar-refractivity contribution >= 4 is 12.4 Å². The van der Waals surface area contributed by atoms with E-state index in [0.717, 1.165) is 32.0 Å². The van der Waals surface area contributed by atoms with Crippen LogP contribution in [0.5, 0.6) is 0 Å². The Morgan fingerprint density at radius 1 is 1.19 bits per heavy atom. The number of unbranched alkanes of at least 4 members (excludes halogenated alkanes) is 1. The number of amides is 1. The fraction of sp³-hybridized carbons (Fsp3) is 0.895. The minimum Gasteiger partial charge on any atom is -0.449 e. The molecule has 2 aliphatic heterocycles. The Balaban J connectivity index is 1.86. The molecule has 3 fully saturated rings. The highest BCUT2D eigenvalue weighted by atomic mass is 16.8. The van der Waals surface area contributed by atoms with Crippen LogP contribution in [0.4, 0.5) is 4.79 Å². The smallest absolute Gasteiger partial charge is 0.410 e. The van der Waals surface area contributed by atoms with Gasteiger partial charge >= 0.3 is 6.09 Å². The van der Waals surface area contributed by atoms with Gasteiger partial charge in [0.05, 0.1) is 24.6 Å². The van der Waals surface area contributed by atoms with Gasteiger partial charge < -0.3 is 28.5 Å². The molecule has 0 bridgehead atoms. The van der Waals surface area contributed by atoms with E-state index >= 15 is 0 Å². The molecule has 5 atom stereocenters. The molecule has 2 heterocycles. The lowest BCUT2D eigenvalue weighted by atomic mass is 9.82. The van der Waals surface area contributed by atoms with Gasteiger partial charge in [-0.15, -0.1) is 0 Å². The number of hydrogen-bond acceptors (Lipinski definition) is 7. The van der Waals surface area contributed by atoms with Crippen LogP contribution in [0.1, 0.15) is 46.5 Å². The van der Waals surface area contributed by atoms with Crippen molar-refractivity contribution in [2.24, 2.45) is 5.92 Å². The Labute approximate surface area is 160 Å². The average molecular weight is 385 g/mol. The minimum absolute atomic E-state index is 0.290. The maximum atomic E-state index is 12.7. The van der Waals surface area contributed by atoms with Crippen molar-refractivity contribution in [3.05, 3.63) is 0 Å². The normalized spacial score (nSPS) is 39.7. The van der Waals surface area contributed by atoms with Crippen LogP contribution in [0, 0.1) is 5.92 Å².